The summed E-state index contributed by atoms with van der Waals surface area (Å²) in [5.74, 6) is -0.0608. The number of ether oxygens (including phenoxy) is 1. The number of hydrogen-bond acceptors (Lipinski definition) is 2. The molecule has 1 aliphatic heterocycles. The molecule has 0 spiro atoms. The molecule has 3 nitrogen and oxygen atoms in total. The van der Waals surface area contributed by atoms with Crippen LogP contribution in [0.1, 0.15) is 11.7 Å². The third kappa shape index (κ3) is 1.96. The molecule has 74 valence electrons. The predicted molar refractivity (Wildman–Crippen MR) is 55.8 cm³/mol. The van der Waals surface area contributed by atoms with Crippen molar-refractivity contribution in [3.8, 4) is 0 Å². The van der Waals surface area contributed by atoms with E-state index in [0.29, 0.717) is 13.2 Å². The number of halogens is 1. The molecule has 1 saturated heterocycles. The van der Waals surface area contributed by atoms with E-state index in [1.165, 1.54) is 0 Å². The van der Waals surface area contributed by atoms with E-state index in [-0.39, 0.29) is 5.91 Å². The molecular weight excluding hydrogens is 246 g/mol. The lowest BCUT2D eigenvalue weighted by atomic mass is 10.1. The van der Waals surface area contributed by atoms with Gasteiger partial charge in [-0.1, -0.05) is 28.1 Å². The van der Waals surface area contributed by atoms with Crippen LogP contribution in [0.15, 0.2) is 28.7 Å². The Hall–Kier alpha value is -0.870. The number of benzene rings is 1. The fourth-order valence-electron chi connectivity index (χ4n) is 1.44. The first-order valence-electron chi connectivity index (χ1n) is 4.42. The van der Waals surface area contributed by atoms with Crippen molar-refractivity contribution in [1.29, 1.82) is 0 Å². The van der Waals surface area contributed by atoms with Gasteiger partial charge in [-0.15, -0.1) is 0 Å². The summed E-state index contributed by atoms with van der Waals surface area (Å²) in [6.45, 7) is 1.17. The topological polar surface area (TPSA) is 38.3 Å². The average molecular weight is 256 g/mol. The van der Waals surface area contributed by atoms with Crippen LogP contribution in [0.25, 0.3) is 0 Å². The van der Waals surface area contributed by atoms with E-state index < -0.39 is 6.10 Å². The molecule has 1 aliphatic rings. The molecule has 0 aliphatic carbocycles. The zero-order valence-electron chi connectivity index (χ0n) is 7.50. The van der Waals surface area contributed by atoms with Crippen molar-refractivity contribution in [2.75, 3.05) is 13.2 Å². The number of nitrogens with one attached hydrogen (secondary N) is 1. The molecule has 1 atom stereocenters. The lowest BCUT2D eigenvalue weighted by molar-refractivity contribution is -0.138. The first-order valence-corrected chi connectivity index (χ1v) is 5.21. The van der Waals surface area contributed by atoms with Gasteiger partial charge in [0.2, 0.25) is 0 Å². The Morgan fingerprint density at radius 2 is 2.36 bits per heavy atom. The van der Waals surface area contributed by atoms with Crippen molar-refractivity contribution < 1.29 is 9.53 Å². The van der Waals surface area contributed by atoms with Gasteiger partial charge in [-0.2, -0.15) is 0 Å². The van der Waals surface area contributed by atoms with Crippen molar-refractivity contribution >= 4 is 21.8 Å². The fourth-order valence-corrected chi connectivity index (χ4v) is 1.85. The minimum Gasteiger partial charge on any atom is -0.362 e. The highest BCUT2D eigenvalue weighted by Crippen LogP contribution is 2.22. The molecule has 1 aromatic rings. The third-order valence-electron chi connectivity index (χ3n) is 2.08. The predicted octanol–water partition coefficient (Wildman–Crippen LogP) is 1.64. The minimum absolute atomic E-state index is 0.0608. The largest absolute Gasteiger partial charge is 0.362 e. The highest BCUT2D eigenvalue weighted by atomic mass is 79.9. The van der Waals surface area contributed by atoms with Crippen LogP contribution in [0.4, 0.5) is 0 Å². The Balaban J connectivity index is 2.24. The zero-order chi connectivity index (χ0) is 9.97. The van der Waals surface area contributed by atoms with Gasteiger partial charge < -0.3 is 10.1 Å². The normalized spacial score (nSPS) is 21.8. The number of amides is 1. The number of hydrogen-bond donors (Lipinski definition) is 1. The van der Waals surface area contributed by atoms with Gasteiger partial charge in [-0.25, -0.2) is 0 Å². The highest BCUT2D eigenvalue weighted by Gasteiger charge is 2.24. The second-order valence-electron chi connectivity index (χ2n) is 3.10. The maximum atomic E-state index is 11.5. The molecule has 1 unspecified atom stereocenters. The van der Waals surface area contributed by atoms with Crippen molar-refractivity contribution in [2.45, 2.75) is 6.10 Å². The summed E-state index contributed by atoms with van der Waals surface area (Å²) in [4.78, 5) is 11.5. The molecule has 1 amide bonds. The van der Waals surface area contributed by atoms with Crippen LogP contribution in [-0.4, -0.2) is 19.1 Å². The summed E-state index contributed by atoms with van der Waals surface area (Å²) in [7, 11) is 0. The van der Waals surface area contributed by atoms with Crippen LogP contribution in [-0.2, 0) is 9.53 Å². The Morgan fingerprint density at radius 3 is 3.07 bits per heavy atom. The number of morpholine rings is 1. The van der Waals surface area contributed by atoms with Gasteiger partial charge in [0.15, 0.2) is 6.10 Å². The minimum atomic E-state index is -0.457. The molecule has 1 fully saturated rings. The lowest BCUT2D eigenvalue weighted by Crippen LogP contribution is -2.39. The van der Waals surface area contributed by atoms with Crippen LogP contribution in [0.3, 0.4) is 0 Å². The Kier molecular flexibility index (Phi) is 2.84. The molecule has 0 bridgehead atoms. The average Bonchev–Trinajstić information content (AvgIpc) is 2.18. The van der Waals surface area contributed by atoms with E-state index in [2.05, 4.69) is 21.2 Å². The standard InChI is InChI=1S/C10H10BrNO2/c11-8-3-1-2-7(6-8)9-10(13)12-4-5-14-9/h1-3,6,9H,4-5H2,(H,12,13). The van der Waals surface area contributed by atoms with Gasteiger partial charge in [0.05, 0.1) is 6.61 Å². The molecular formula is C10H10BrNO2. The smallest absolute Gasteiger partial charge is 0.253 e. The molecule has 1 N–H and O–H groups in total. The molecule has 2 rings (SSSR count). The van der Waals surface area contributed by atoms with Gasteiger partial charge in [-0.3, -0.25) is 4.79 Å². The van der Waals surface area contributed by atoms with Crippen molar-refractivity contribution in [2.24, 2.45) is 0 Å². The number of carbonyl (C=O) groups excluding carboxylic acids is 1. The van der Waals surface area contributed by atoms with Crippen LogP contribution < -0.4 is 5.32 Å². The molecule has 14 heavy (non-hydrogen) atoms. The third-order valence-corrected chi connectivity index (χ3v) is 2.57. The lowest BCUT2D eigenvalue weighted by Gasteiger charge is -2.22. The summed E-state index contributed by atoms with van der Waals surface area (Å²) < 4.78 is 6.35. The molecule has 4 heteroatoms. The summed E-state index contributed by atoms with van der Waals surface area (Å²) in [5, 5.41) is 2.77. The van der Waals surface area contributed by atoms with E-state index in [9.17, 15) is 4.79 Å². The van der Waals surface area contributed by atoms with Crippen molar-refractivity contribution in [3.05, 3.63) is 34.3 Å². The first-order chi connectivity index (χ1) is 6.77. The Morgan fingerprint density at radius 1 is 1.50 bits per heavy atom. The Bertz CT molecular complexity index is 354. The van der Waals surface area contributed by atoms with Crippen molar-refractivity contribution in [3.63, 3.8) is 0 Å². The second kappa shape index (κ2) is 4.11. The van der Waals surface area contributed by atoms with E-state index >= 15 is 0 Å². The zero-order valence-corrected chi connectivity index (χ0v) is 9.08. The molecule has 0 saturated carbocycles. The van der Waals surface area contributed by atoms with Gasteiger partial charge in [0.25, 0.3) is 5.91 Å². The highest BCUT2D eigenvalue weighted by molar-refractivity contribution is 9.10. The van der Waals surface area contributed by atoms with Gasteiger partial charge in [0.1, 0.15) is 0 Å². The van der Waals surface area contributed by atoms with Gasteiger partial charge >= 0.3 is 0 Å². The van der Waals surface area contributed by atoms with E-state index in [1.54, 1.807) is 0 Å². The maximum Gasteiger partial charge on any atom is 0.253 e. The van der Waals surface area contributed by atoms with E-state index in [1.807, 2.05) is 24.3 Å². The number of rotatable bonds is 1. The SMILES string of the molecule is O=C1NCCOC1c1cccc(Br)c1. The van der Waals surface area contributed by atoms with Gasteiger partial charge in [-0.05, 0) is 17.7 Å². The van der Waals surface area contributed by atoms with Crippen LogP contribution >= 0.6 is 15.9 Å². The van der Waals surface area contributed by atoms with Crippen molar-refractivity contribution in [1.82, 2.24) is 5.32 Å². The number of carbonyl (C=O) groups is 1. The maximum absolute atomic E-state index is 11.5. The van der Waals surface area contributed by atoms with E-state index in [0.717, 1.165) is 10.0 Å². The molecule has 0 radical (unpaired) electrons. The summed E-state index contributed by atoms with van der Waals surface area (Å²) in [6, 6.07) is 7.60. The quantitative estimate of drug-likeness (QED) is 0.829. The van der Waals surface area contributed by atoms with Crippen LogP contribution in [0.2, 0.25) is 0 Å². The van der Waals surface area contributed by atoms with E-state index in [4.69, 9.17) is 4.74 Å². The molecule has 1 heterocycles. The van der Waals surface area contributed by atoms with Crippen LogP contribution in [0, 0.1) is 0 Å². The van der Waals surface area contributed by atoms with Crippen LogP contribution in [0.5, 0.6) is 0 Å². The monoisotopic (exact) mass is 255 g/mol. The fraction of sp³-hybridized carbons (Fsp3) is 0.300. The summed E-state index contributed by atoms with van der Waals surface area (Å²) in [5.41, 5.74) is 0.886. The summed E-state index contributed by atoms with van der Waals surface area (Å²) in [6.07, 6.45) is -0.457. The Labute approximate surface area is 90.6 Å². The summed E-state index contributed by atoms with van der Waals surface area (Å²) >= 11 is 3.36. The van der Waals surface area contributed by atoms with Gasteiger partial charge in [0, 0.05) is 11.0 Å². The second-order valence-corrected chi connectivity index (χ2v) is 4.01. The first kappa shape index (κ1) is 9.68. The molecule has 1 aromatic carbocycles. The molecule has 0 aromatic heterocycles.